The molecule has 0 unspecified atom stereocenters. The van der Waals surface area contributed by atoms with Gasteiger partial charge in [-0.25, -0.2) is 0 Å². The molecule has 0 bridgehead atoms. The summed E-state index contributed by atoms with van der Waals surface area (Å²) in [6, 6.07) is 8.45. The van der Waals surface area contributed by atoms with E-state index in [1.807, 2.05) is 0 Å². The highest BCUT2D eigenvalue weighted by atomic mass is 16.3. The Morgan fingerprint density at radius 3 is 2.87 bits per heavy atom. The molecule has 3 rings (SSSR count). The molecule has 1 aliphatic heterocycles. The summed E-state index contributed by atoms with van der Waals surface area (Å²) in [7, 11) is 1.72. The predicted octanol–water partition coefficient (Wildman–Crippen LogP) is 1.80. The third-order valence-electron chi connectivity index (χ3n) is 3.86. The molecule has 0 saturated heterocycles. The Morgan fingerprint density at radius 2 is 2.13 bits per heavy atom. The van der Waals surface area contributed by atoms with Crippen LogP contribution in [0.3, 0.4) is 0 Å². The van der Waals surface area contributed by atoms with E-state index in [4.69, 9.17) is 4.42 Å². The number of nitrogens with zero attached hydrogens (tertiary/aromatic N) is 1. The Bertz CT molecular complexity index is 765. The van der Waals surface area contributed by atoms with Crippen molar-refractivity contribution in [3.63, 3.8) is 0 Å². The minimum absolute atomic E-state index is 0.0234. The zero-order chi connectivity index (χ0) is 16.4. The summed E-state index contributed by atoms with van der Waals surface area (Å²) in [5.41, 5.74) is 2.26. The van der Waals surface area contributed by atoms with Gasteiger partial charge in [0.2, 0.25) is 5.91 Å². The van der Waals surface area contributed by atoms with E-state index in [1.54, 1.807) is 42.3 Å². The van der Waals surface area contributed by atoms with Gasteiger partial charge in [0.15, 0.2) is 11.5 Å². The molecule has 6 heteroatoms. The molecule has 2 aromatic rings. The van der Waals surface area contributed by atoms with Gasteiger partial charge in [0, 0.05) is 31.3 Å². The maximum atomic E-state index is 12.2. The molecular formula is C17H16N2O4. The highest BCUT2D eigenvalue weighted by molar-refractivity contribution is 6.03. The fraction of sp³-hybridized carbons (Fsp3) is 0.235. The van der Waals surface area contributed by atoms with Crippen molar-refractivity contribution in [3.05, 3.63) is 53.5 Å². The molecule has 0 aliphatic carbocycles. The first-order valence-electron chi connectivity index (χ1n) is 7.30. The molecule has 1 aliphatic rings. The van der Waals surface area contributed by atoms with Gasteiger partial charge in [0.1, 0.15) is 0 Å². The van der Waals surface area contributed by atoms with E-state index in [2.05, 4.69) is 5.32 Å². The van der Waals surface area contributed by atoms with E-state index < -0.39 is 0 Å². The minimum Gasteiger partial charge on any atom is -0.459 e. The van der Waals surface area contributed by atoms with Crippen molar-refractivity contribution in [1.29, 1.82) is 0 Å². The fourth-order valence-corrected chi connectivity index (χ4v) is 2.57. The van der Waals surface area contributed by atoms with E-state index in [0.29, 0.717) is 12.0 Å². The molecule has 1 aromatic carbocycles. The average molecular weight is 312 g/mol. The van der Waals surface area contributed by atoms with E-state index in [9.17, 15) is 14.4 Å². The lowest BCUT2D eigenvalue weighted by Gasteiger charge is -2.10. The number of hydrogen-bond donors (Lipinski definition) is 1. The van der Waals surface area contributed by atoms with Crippen LogP contribution in [0.2, 0.25) is 0 Å². The van der Waals surface area contributed by atoms with Crippen LogP contribution in [-0.2, 0) is 11.2 Å². The van der Waals surface area contributed by atoms with Crippen LogP contribution in [0.15, 0.2) is 41.0 Å². The number of rotatable bonds is 5. The fourth-order valence-electron chi connectivity index (χ4n) is 2.57. The number of carbonyl (C=O) groups excluding carboxylic acids is 3. The maximum absolute atomic E-state index is 12.2. The monoisotopic (exact) mass is 312 g/mol. The molecule has 118 valence electrons. The number of carbonyl (C=O) groups is 3. The lowest BCUT2D eigenvalue weighted by atomic mass is 10.0. The predicted molar refractivity (Wildman–Crippen MR) is 83.5 cm³/mol. The number of fused-ring (bicyclic) bond motifs is 1. The molecule has 0 spiro atoms. The van der Waals surface area contributed by atoms with Crippen molar-refractivity contribution in [2.45, 2.75) is 12.8 Å². The first-order chi connectivity index (χ1) is 11.1. The van der Waals surface area contributed by atoms with Gasteiger partial charge in [-0.15, -0.1) is 0 Å². The highest BCUT2D eigenvalue weighted by Gasteiger charge is 2.24. The molecule has 1 N–H and O–H groups in total. The SMILES string of the molecule is CN1C(=O)Cc2cc(C(=O)CCNC(=O)c3ccco3)ccc21. The zero-order valence-corrected chi connectivity index (χ0v) is 12.7. The summed E-state index contributed by atoms with van der Waals surface area (Å²) in [6.45, 7) is 0.230. The number of likely N-dealkylation sites (N-methyl/N-ethyl adjacent to an activating group) is 1. The first-order valence-corrected chi connectivity index (χ1v) is 7.30. The number of hydrogen-bond acceptors (Lipinski definition) is 4. The number of furan rings is 1. The van der Waals surface area contributed by atoms with Gasteiger partial charge in [0.25, 0.3) is 5.91 Å². The molecule has 0 atom stereocenters. The normalized spacial score (nSPS) is 13.1. The van der Waals surface area contributed by atoms with Crippen LogP contribution in [-0.4, -0.2) is 31.2 Å². The van der Waals surface area contributed by atoms with E-state index in [1.165, 1.54) is 6.26 Å². The number of ketones is 1. The summed E-state index contributed by atoms with van der Waals surface area (Å²) in [5, 5.41) is 2.64. The van der Waals surface area contributed by atoms with Gasteiger partial charge < -0.3 is 14.6 Å². The molecule has 2 amide bonds. The number of anilines is 1. The quantitative estimate of drug-likeness (QED) is 0.854. The Morgan fingerprint density at radius 1 is 1.30 bits per heavy atom. The zero-order valence-electron chi connectivity index (χ0n) is 12.7. The van der Waals surface area contributed by atoms with E-state index in [0.717, 1.165) is 11.3 Å². The number of nitrogens with one attached hydrogen (secondary N) is 1. The molecule has 0 saturated carbocycles. The smallest absolute Gasteiger partial charge is 0.286 e. The summed E-state index contributed by atoms with van der Waals surface area (Å²) in [6.07, 6.45) is 1.93. The van der Waals surface area contributed by atoms with Gasteiger partial charge in [-0.2, -0.15) is 0 Å². The second kappa shape index (κ2) is 6.08. The summed E-state index contributed by atoms with van der Waals surface area (Å²) in [4.78, 5) is 37.1. The van der Waals surface area contributed by atoms with Gasteiger partial charge in [-0.3, -0.25) is 14.4 Å². The van der Waals surface area contributed by atoms with Crippen LogP contribution in [0.1, 0.15) is 32.9 Å². The largest absolute Gasteiger partial charge is 0.459 e. The molecule has 2 heterocycles. The highest BCUT2D eigenvalue weighted by Crippen LogP contribution is 2.28. The van der Waals surface area contributed by atoms with Crippen molar-refractivity contribution in [2.75, 3.05) is 18.5 Å². The third-order valence-corrected chi connectivity index (χ3v) is 3.86. The molecular weight excluding hydrogens is 296 g/mol. The first kappa shape index (κ1) is 15.0. The average Bonchev–Trinajstić information content (AvgIpc) is 3.16. The van der Waals surface area contributed by atoms with Crippen LogP contribution >= 0.6 is 0 Å². The second-order valence-corrected chi connectivity index (χ2v) is 5.38. The van der Waals surface area contributed by atoms with Gasteiger partial charge >= 0.3 is 0 Å². The van der Waals surface area contributed by atoms with Gasteiger partial charge in [-0.1, -0.05) is 0 Å². The van der Waals surface area contributed by atoms with Crippen LogP contribution in [0.25, 0.3) is 0 Å². The summed E-state index contributed by atoms with van der Waals surface area (Å²) < 4.78 is 4.97. The maximum Gasteiger partial charge on any atom is 0.286 e. The third kappa shape index (κ3) is 3.01. The molecule has 1 aromatic heterocycles. The minimum atomic E-state index is -0.344. The second-order valence-electron chi connectivity index (χ2n) is 5.38. The molecule has 0 radical (unpaired) electrons. The van der Waals surface area contributed by atoms with Crippen LogP contribution in [0, 0.1) is 0 Å². The molecule has 0 fully saturated rings. The Hall–Kier alpha value is -2.89. The van der Waals surface area contributed by atoms with Crippen LogP contribution in [0.5, 0.6) is 0 Å². The van der Waals surface area contributed by atoms with Crippen LogP contribution < -0.4 is 10.2 Å². The van der Waals surface area contributed by atoms with Crippen molar-refractivity contribution >= 4 is 23.3 Å². The van der Waals surface area contributed by atoms with Gasteiger partial charge in [0.05, 0.1) is 12.7 Å². The van der Waals surface area contributed by atoms with E-state index in [-0.39, 0.29) is 36.3 Å². The van der Waals surface area contributed by atoms with Crippen molar-refractivity contribution < 1.29 is 18.8 Å². The van der Waals surface area contributed by atoms with Crippen molar-refractivity contribution in [3.8, 4) is 0 Å². The Kier molecular flexibility index (Phi) is 3.97. The van der Waals surface area contributed by atoms with Crippen molar-refractivity contribution in [2.24, 2.45) is 0 Å². The lowest BCUT2D eigenvalue weighted by Crippen LogP contribution is -2.25. The summed E-state index contributed by atoms with van der Waals surface area (Å²) in [5.74, 6) is -0.176. The Labute approximate surface area is 133 Å². The van der Waals surface area contributed by atoms with Crippen molar-refractivity contribution in [1.82, 2.24) is 5.32 Å². The summed E-state index contributed by atoms with van der Waals surface area (Å²) >= 11 is 0. The Balaban J connectivity index is 1.58. The standard InChI is InChI=1S/C17H16N2O4/c1-19-13-5-4-11(9-12(13)10-16(19)21)14(20)6-7-18-17(22)15-3-2-8-23-15/h2-5,8-9H,6-7,10H2,1H3,(H,18,22). The number of Topliss-reactive ketones (excluding diaryl/α,β-unsaturated/α-hetero) is 1. The number of benzene rings is 1. The number of amides is 2. The van der Waals surface area contributed by atoms with E-state index >= 15 is 0 Å². The lowest BCUT2D eigenvalue weighted by molar-refractivity contribution is -0.117. The topological polar surface area (TPSA) is 79.6 Å². The van der Waals surface area contributed by atoms with Gasteiger partial charge in [-0.05, 0) is 35.9 Å². The van der Waals surface area contributed by atoms with Crippen LogP contribution in [0.4, 0.5) is 5.69 Å². The molecule has 23 heavy (non-hydrogen) atoms. The molecule has 6 nitrogen and oxygen atoms in total.